The fourth-order valence-corrected chi connectivity index (χ4v) is 3.53. The fourth-order valence-electron chi connectivity index (χ4n) is 1.49. The second-order valence-corrected chi connectivity index (χ2v) is 6.98. The Morgan fingerprint density at radius 3 is 2.71 bits per heavy atom. The maximum absolute atomic E-state index is 12.5. The van der Waals surface area contributed by atoms with Gasteiger partial charge in [-0.25, -0.2) is 14.7 Å². The maximum Gasteiger partial charge on any atom is 0.434 e. The molecule has 0 spiro atoms. The van der Waals surface area contributed by atoms with Gasteiger partial charge in [0.1, 0.15) is 18.5 Å². The highest BCUT2D eigenvalue weighted by molar-refractivity contribution is 9.09. The summed E-state index contributed by atoms with van der Waals surface area (Å²) in [5.41, 5.74) is 0.473. The fraction of sp³-hybridized carbons (Fsp3) is 0.700. The Hall–Kier alpha value is -0.800. The van der Waals surface area contributed by atoms with Gasteiger partial charge in [0.25, 0.3) is 0 Å². The number of hydrogen-bond acceptors (Lipinski definition) is 5. The molecular weight excluding hydrogens is 365 g/mol. The molecule has 0 fully saturated rings. The molecule has 1 aromatic rings. The van der Waals surface area contributed by atoms with Crippen LogP contribution >= 0.6 is 23.6 Å². The van der Waals surface area contributed by atoms with Crippen LogP contribution in [0.4, 0.5) is 5.95 Å². The lowest BCUT2D eigenvalue weighted by Gasteiger charge is -2.19. The van der Waals surface area contributed by atoms with Crippen LogP contribution in [0.25, 0.3) is 0 Å². The van der Waals surface area contributed by atoms with Gasteiger partial charge in [-0.05, 0) is 11.3 Å². The van der Waals surface area contributed by atoms with Crippen molar-refractivity contribution in [1.82, 2.24) is 19.7 Å². The van der Waals surface area contributed by atoms with Gasteiger partial charge in [0.05, 0.1) is 7.05 Å². The van der Waals surface area contributed by atoms with E-state index in [0.717, 1.165) is 6.42 Å². The first-order valence-corrected chi connectivity index (χ1v) is 9.14. The smallest absolute Gasteiger partial charge is 0.390 e. The summed E-state index contributed by atoms with van der Waals surface area (Å²) in [5, 5.41) is 17.0. The summed E-state index contributed by atoms with van der Waals surface area (Å²) in [6, 6.07) is 0. The van der Waals surface area contributed by atoms with E-state index in [9.17, 15) is 14.7 Å². The average molecular weight is 384 g/mol. The zero-order chi connectivity index (χ0) is 15.9. The number of hydrogen-bond donors (Lipinski definition) is 2. The van der Waals surface area contributed by atoms with E-state index in [1.54, 1.807) is 0 Å². The minimum atomic E-state index is -3.19. The summed E-state index contributed by atoms with van der Waals surface area (Å²) in [4.78, 5) is 13.8. The van der Waals surface area contributed by atoms with Crippen molar-refractivity contribution in [3.05, 3.63) is 22.0 Å². The first kappa shape index (κ1) is 18.2. The van der Waals surface area contributed by atoms with E-state index in [0.29, 0.717) is 24.1 Å². The lowest BCUT2D eigenvalue weighted by molar-refractivity contribution is -0.396. The van der Waals surface area contributed by atoms with Crippen LogP contribution in [0.15, 0.2) is 6.20 Å². The molecule has 120 valence electrons. The summed E-state index contributed by atoms with van der Waals surface area (Å²) < 4.78 is 19.3. The van der Waals surface area contributed by atoms with Gasteiger partial charge < -0.3 is 10.1 Å². The highest BCUT2D eigenvalue weighted by Gasteiger charge is 2.24. The molecule has 0 aliphatic rings. The first-order valence-electron chi connectivity index (χ1n) is 6.39. The molecule has 0 bridgehead atoms. The molecule has 21 heavy (non-hydrogen) atoms. The van der Waals surface area contributed by atoms with E-state index in [1.165, 1.54) is 17.8 Å². The minimum absolute atomic E-state index is 0.0411. The van der Waals surface area contributed by atoms with Gasteiger partial charge in [-0.2, -0.15) is 0 Å². The average Bonchev–Trinajstić information content (AvgIpc) is 2.82. The Labute approximate surface area is 131 Å². The number of rotatable bonds is 10. The molecule has 1 aromatic heterocycles. The normalized spacial score (nSPS) is 14.0. The van der Waals surface area contributed by atoms with Crippen molar-refractivity contribution in [3.8, 4) is 0 Å². The van der Waals surface area contributed by atoms with Crippen molar-refractivity contribution in [3.63, 3.8) is 0 Å². The van der Waals surface area contributed by atoms with Crippen LogP contribution in [0.3, 0.4) is 0 Å². The van der Waals surface area contributed by atoms with Crippen molar-refractivity contribution in [2.45, 2.75) is 20.0 Å². The molecule has 1 heterocycles. The highest BCUT2D eigenvalue weighted by Crippen LogP contribution is 2.38. The van der Waals surface area contributed by atoms with Crippen LogP contribution < -0.4 is 10.2 Å². The van der Waals surface area contributed by atoms with Gasteiger partial charge in [-0.1, -0.05) is 27.8 Å². The Bertz CT molecular complexity index is 512. The van der Waals surface area contributed by atoms with E-state index in [2.05, 4.69) is 31.1 Å². The summed E-state index contributed by atoms with van der Waals surface area (Å²) in [5.74, 6) is -0.279. The largest absolute Gasteiger partial charge is 0.434 e. The monoisotopic (exact) mass is 383 g/mol. The van der Waals surface area contributed by atoms with Crippen LogP contribution in [0.5, 0.6) is 0 Å². The SMILES string of the molecule is CCCNP(=O)(NCCBr)OCc1cnc([N+](=O)[O-])n1C. The van der Waals surface area contributed by atoms with Crippen molar-refractivity contribution in [2.24, 2.45) is 7.05 Å². The predicted octanol–water partition coefficient (Wildman–Crippen LogP) is 1.94. The van der Waals surface area contributed by atoms with Crippen LogP contribution in [0.2, 0.25) is 0 Å². The molecular formula is C10H19BrN5O4P. The molecule has 11 heteroatoms. The van der Waals surface area contributed by atoms with Crippen molar-refractivity contribution in [2.75, 3.05) is 18.4 Å². The predicted molar refractivity (Wildman–Crippen MR) is 82.3 cm³/mol. The van der Waals surface area contributed by atoms with E-state index < -0.39 is 12.6 Å². The molecule has 0 radical (unpaired) electrons. The summed E-state index contributed by atoms with van der Waals surface area (Å²) in [6.45, 7) is 2.92. The quantitative estimate of drug-likeness (QED) is 0.274. The van der Waals surface area contributed by atoms with Gasteiger partial charge in [0, 0.05) is 18.4 Å². The molecule has 0 amide bonds. The summed E-state index contributed by atoms with van der Waals surface area (Å²) >= 11 is 3.24. The minimum Gasteiger partial charge on any atom is -0.390 e. The third kappa shape index (κ3) is 5.48. The number of imidazole rings is 1. The summed E-state index contributed by atoms with van der Waals surface area (Å²) in [7, 11) is -1.68. The number of nitro groups is 1. The molecule has 0 saturated heterocycles. The van der Waals surface area contributed by atoms with E-state index in [1.807, 2.05) is 6.92 Å². The van der Waals surface area contributed by atoms with Gasteiger partial charge >= 0.3 is 13.6 Å². The lowest BCUT2D eigenvalue weighted by Crippen LogP contribution is -2.26. The maximum atomic E-state index is 12.5. The Balaban J connectivity index is 2.72. The second-order valence-electron chi connectivity index (χ2n) is 4.20. The number of nitrogens with zero attached hydrogens (tertiary/aromatic N) is 3. The highest BCUT2D eigenvalue weighted by atomic mass is 79.9. The van der Waals surface area contributed by atoms with Crippen LogP contribution in [-0.2, 0) is 22.7 Å². The molecule has 9 nitrogen and oxygen atoms in total. The first-order chi connectivity index (χ1) is 9.93. The number of nitrogens with one attached hydrogen (secondary N) is 2. The molecule has 0 saturated carbocycles. The Morgan fingerprint density at radius 1 is 1.52 bits per heavy atom. The molecule has 1 rings (SSSR count). The Kier molecular flexibility index (Phi) is 7.47. The molecule has 1 atom stereocenters. The standard InChI is InChI=1S/C10H19BrN5O4P/c1-3-5-13-21(19,14-6-4-11)20-8-9-7-12-10(15(9)2)16(17)18/h7H,3-6,8H2,1-2H3,(H2,13,14,19). The number of alkyl halides is 1. The van der Waals surface area contributed by atoms with Crippen LogP contribution in [0.1, 0.15) is 19.0 Å². The topological polar surface area (TPSA) is 111 Å². The number of halogens is 1. The van der Waals surface area contributed by atoms with E-state index in [-0.39, 0.29) is 12.6 Å². The molecule has 2 N–H and O–H groups in total. The van der Waals surface area contributed by atoms with Crippen LogP contribution in [-0.4, -0.2) is 32.9 Å². The molecule has 1 unspecified atom stereocenters. The lowest BCUT2D eigenvalue weighted by atomic mass is 10.5. The zero-order valence-corrected chi connectivity index (χ0v) is 14.4. The van der Waals surface area contributed by atoms with Gasteiger partial charge in [0.2, 0.25) is 0 Å². The van der Waals surface area contributed by atoms with Gasteiger partial charge in [0.15, 0.2) is 0 Å². The molecule has 0 aromatic carbocycles. The van der Waals surface area contributed by atoms with Gasteiger partial charge in [-0.15, -0.1) is 0 Å². The van der Waals surface area contributed by atoms with E-state index >= 15 is 0 Å². The second kappa shape index (κ2) is 8.60. The van der Waals surface area contributed by atoms with Gasteiger partial charge in [-0.3, -0.25) is 9.09 Å². The van der Waals surface area contributed by atoms with E-state index in [4.69, 9.17) is 4.52 Å². The van der Waals surface area contributed by atoms with Crippen molar-refractivity contribution < 1.29 is 14.0 Å². The third-order valence-corrected chi connectivity index (χ3v) is 4.77. The Morgan fingerprint density at radius 2 is 2.19 bits per heavy atom. The van der Waals surface area contributed by atoms with Crippen molar-refractivity contribution >= 4 is 29.5 Å². The zero-order valence-electron chi connectivity index (χ0n) is 11.9. The number of aromatic nitrogens is 2. The van der Waals surface area contributed by atoms with Crippen molar-refractivity contribution in [1.29, 1.82) is 0 Å². The van der Waals surface area contributed by atoms with Crippen LogP contribution in [0, 0.1) is 10.1 Å². The summed E-state index contributed by atoms with van der Waals surface area (Å²) in [6.07, 6.45) is 2.15. The third-order valence-electron chi connectivity index (χ3n) is 2.60. The molecule has 0 aliphatic heterocycles. The molecule has 0 aliphatic carbocycles.